The molecule has 0 unspecified atom stereocenters. The summed E-state index contributed by atoms with van der Waals surface area (Å²) in [7, 11) is 0. The van der Waals surface area contributed by atoms with E-state index in [0.29, 0.717) is 34.8 Å². The highest BCUT2D eigenvalue weighted by atomic mass is 32.1. The van der Waals surface area contributed by atoms with Crippen LogP contribution in [-0.2, 0) is 17.5 Å². The van der Waals surface area contributed by atoms with Crippen LogP contribution in [0.3, 0.4) is 0 Å². The Morgan fingerprint density at radius 3 is 2.32 bits per heavy atom. The zero-order valence-electron chi connectivity index (χ0n) is 20.5. The smallest absolute Gasteiger partial charge is 0.341 e. The highest BCUT2D eigenvalue weighted by molar-refractivity contribution is 7.07. The van der Waals surface area contributed by atoms with Crippen molar-refractivity contribution in [2.75, 3.05) is 13.1 Å². The molecule has 2 aromatic carbocycles. The van der Waals surface area contributed by atoms with Crippen LogP contribution in [-0.4, -0.2) is 34.2 Å². The molecule has 0 aliphatic carbocycles. The van der Waals surface area contributed by atoms with Gasteiger partial charge in [0.15, 0.2) is 5.78 Å². The number of halogens is 3. The summed E-state index contributed by atoms with van der Waals surface area (Å²) < 4.78 is 40.6. The molecule has 3 aromatic rings. The number of alkyl halides is 3. The number of benzene rings is 2. The lowest BCUT2D eigenvalue weighted by molar-refractivity contribution is -0.137. The van der Waals surface area contributed by atoms with Gasteiger partial charge in [-0.05, 0) is 55.0 Å². The van der Waals surface area contributed by atoms with E-state index in [9.17, 15) is 27.6 Å². The Morgan fingerprint density at radius 1 is 1.05 bits per heavy atom. The fraction of sp³-hybridized carbons (Fsp3) is 0.321. The minimum absolute atomic E-state index is 0.203. The summed E-state index contributed by atoms with van der Waals surface area (Å²) in [6, 6.07) is 11.6. The quantitative estimate of drug-likeness (QED) is 0.471. The lowest BCUT2D eigenvalue weighted by Gasteiger charge is -2.30. The van der Waals surface area contributed by atoms with Gasteiger partial charge < -0.3 is 4.90 Å². The minimum Gasteiger partial charge on any atom is -0.341 e. The van der Waals surface area contributed by atoms with Crippen LogP contribution in [0.5, 0.6) is 0 Å². The third-order valence-electron chi connectivity index (χ3n) is 6.57. The molecule has 2 heterocycles. The third kappa shape index (κ3) is 6.28. The average Bonchev–Trinajstić information content (AvgIpc) is 3.13. The molecule has 0 spiro atoms. The number of thiazole rings is 1. The summed E-state index contributed by atoms with van der Waals surface area (Å²) >= 11 is 1.03. The van der Waals surface area contributed by atoms with Crippen LogP contribution in [0.4, 0.5) is 13.2 Å². The van der Waals surface area contributed by atoms with Gasteiger partial charge in [0.1, 0.15) is 11.2 Å². The summed E-state index contributed by atoms with van der Waals surface area (Å²) in [5.74, 6) is 0.0350. The highest BCUT2D eigenvalue weighted by Crippen LogP contribution is 2.29. The molecule has 1 aliphatic heterocycles. The van der Waals surface area contributed by atoms with Crippen LogP contribution >= 0.6 is 11.3 Å². The normalized spacial score (nSPS) is 15.9. The number of ketones is 1. The molecule has 4 rings (SSSR count). The second-order valence-electron chi connectivity index (χ2n) is 9.35. The van der Waals surface area contributed by atoms with E-state index in [1.807, 2.05) is 19.1 Å². The van der Waals surface area contributed by atoms with Gasteiger partial charge in [-0.3, -0.25) is 19.0 Å². The molecule has 0 saturated carbocycles. The molecular formula is C28H27F3N2O3S. The molecule has 9 heteroatoms. The Hall–Kier alpha value is -3.46. The highest BCUT2D eigenvalue weighted by Gasteiger charge is 2.29. The molecule has 194 valence electrons. The number of aryl methyl sites for hydroxylation is 1. The Labute approximate surface area is 216 Å². The Morgan fingerprint density at radius 2 is 1.70 bits per heavy atom. The Kier molecular flexibility index (Phi) is 7.82. The van der Waals surface area contributed by atoms with Crippen molar-refractivity contribution in [1.82, 2.24) is 9.47 Å². The number of likely N-dealkylation sites (tertiary alicyclic amines) is 1. The molecule has 1 amide bonds. The van der Waals surface area contributed by atoms with Gasteiger partial charge in [0, 0.05) is 24.7 Å². The van der Waals surface area contributed by atoms with Gasteiger partial charge in [0.2, 0.25) is 5.91 Å². The van der Waals surface area contributed by atoms with Gasteiger partial charge >= 0.3 is 6.18 Å². The van der Waals surface area contributed by atoms with E-state index in [1.165, 1.54) is 28.9 Å². The number of hydrogen-bond acceptors (Lipinski definition) is 4. The zero-order valence-corrected chi connectivity index (χ0v) is 21.4. The number of Topliss-reactive ketones (excluding diaryl/α,β-unsaturated/α-hetero) is 1. The van der Waals surface area contributed by atoms with Crippen LogP contribution < -0.4 is 14.8 Å². The molecule has 0 atom stereocenters. The lowest BCUT2D eigenvalue weighted by atomic mass is 9.99. The van der Waals surface area contributed by atoms with E-state index in [-0.39, 0.29) is 22.8 Å². The summed E-state index contributed by atoms with van der Waals surface area (Å²) in [5.41, 5.74) is 0.426. The van der Waals surface area contributed by atoms with E-state index in [4.69, 9.17) is 0 Å². The zero-order chi connectivity index (χ0) is 26.7. The van der Waals surface area contributed by atoms with E-state index < -0.39 is 17.3 Å². The first-order chi connectivity index (χ1) is 17.5. The van der Waals surface area contributed by atoms with Crippen molar-refractivity contribution in [1.29, 1.82) is 0 Å². The second-order valence-corrected chi connectivity index (χ2v) is 10.4. The van der Waals surface area contributed by atoms with E-state index in [1.54, 1.807) is 17.0 Å². The van der Waals surface area contributed by atoms with Gasteiger partial charge in [-0.2, -0.15) is 13.2 Å². The predicted octanol–water partition coefficient (Wildman–Crippen LogP) is 3.99. The summed E-state index contributed by atoms with van der Waals surface area (Å²) in [6.07, 6.45) is 0.152. The van der Waals surface area contributed by atoms with E-state index in [0.717, 1.165) is 41.9 Å². The van der Waals surface area contributed by atoms with Crippen molar-refractivity contribution in [2.45, 2.75) is 39.4 Å². The van der Waals surface area contributed by atoms with Gasteiger partial charge in [-0.25, -0.2) is 0 Å². The molecule has 0 N–H and O–H groups in total. The van der Waals surface area contributed by atoms with Gasteiger partial charge in [-0.15, -0.1) is 11.3 Å². The van der Waals surface area contributed by atoms with E-state index >= 15 is 0 Å². The summed E-state index contributed by atoms with van der Waals surface area (Å²) in [5, 5.41) is 0. The Balaban J connectivity index is 1.75. The fourth-order valence-corrected chi connectivity index (χ4v) is 5.29. The molecule has 1 fully saturated rings. The molecule has 1 aliphatic rings. The molecular weight excluding hydrogens is 501 g/mol. The van der Waals surface area contributed by atoms with Crippen LogP contribution in [0.2, 0.25) is 0 Å². The molecule has 5 nitrogen and oxygen atoms in total. The largest absolute Gasteiger partial charge is 0.416 e. The van der Waals surface area contributed by atoms with Crippen molar-refractivity contribution in [3.63, 3.8) is 0 Å². The summed E-state index contributed by atoms with van der Waals surface area (Å²) in [4.78, 5) is 41.2. The molecule has 0 radical (unpaired) electrons. The third-order valence-corrected chi connectivity index (χ3v) is 7.63. The molecule has 37 heavy (non-hydrogen) atoms. The monoisotopic (exact) mass is 528 g/mol. The van der Waals surface area contributed by atoms with Gasteiger partial charge in [-0.1, -0.05) is 43.3 Å². The first-order valence-electron chi connectivity index (χ1n) is 12.0. The minimum atomic E-state index is -4.46. The van der Waals surface area contributed by atoms with Crippen molar-refractivity contribution >= 4 is 35.2 Å². The maximum atomic E-state index is 13.3. The predicted molar refractivity (Wildman–Crippen MR) is 138 cm³/mol. The van der Waals surface area contributed by atoms with Crippen molar-refractivity contribution in [3.05, 3.63) is 90.3 Å². The number of rotatable bonds is 5. The first kappa shape index (κ1) is 26.6. The van der Waals surface area contributed by atoms with E-state index in [2.05, 4.69) is 6.92 Å². The van der Waals surface area contributed by atoms with Crippen LogP contribution in [0.1, 0.15) is 46.8 Å². The Bertz CT molecular complexity index is 1480. The van der Waals surface area contributed by atoms with Crippen LogP contribution in [0.25, 0.3) is 12.2 Å². The maximum Gasteiger partial charge on any atom is 0.416 e. The SMILES string of the molecule is Cc1ccccc1C(=O)/C=c1\s/c(=C/c2ccc(C(F)(F)F)cc2)c(=O)n1CC(=O)N1CCC(C)CC1. The number of amides is 1. The molecule has 1 saturated heterocycles. The van der Waals surface area contributed by atoms with Crippen molar-refractivity contribution in [2.24, 2.45) is 5.92 Å². The fourth-order valence-electron chi connectivity index (χ4n) is 4.25. The van der Waals surface area contributed by atoms with Gasteiger partial charge in [0.05, 0.1) is 10.1 Å². The van der Waals surface area contributed by atoms with Crippen LogP contribution in [0, 0.1) is 12.8 Å². The number of nitrogens with zero attached hydrogens (tertiary/aromatic N) is 2. The topological polar surface area (TPSA) is 59.4 Å². The lowest BCUT2D eigenvalue weighted by Crippen LogP contribution is -2.43. The number of carbonyl (C=O) groups is 2. The maximum absolute atomic E-state index is 13.3. The number of piperidine rings is 1. The van der Waals surface area contributed by atoms with Crippen molar-refractivity contribution < 1.29 is 22.8 Å². The number of aromatic nitrogens is 1. The van der Waals surface area contributed by atoms with Crippen LogP contribution in [0.15, 0.2) is 53.3 Å². The van der Waals surface area contributed by atoms with Gasteiger partial charge in [0.25, 0.3) is 5.56 Å². The standard InChI is InChI=1S/C28H27F3N2O3S/c1-18-11-13-32(14-12-18)25(35)17-33-26(16-23(34)22-6-4-3-5-19(22)2)37-24(27(33)36)15-20-7-9-21(10-8-20)28(29,30)31/h3-10,15-16,18H,11-14,17H2,1-2H3/b24-15+,26-16-. The molecule has 1 aromatic heterocycles. The number of hydrogen-bond donors (Lipinski definition) is 0. The second kappa shape index (κ2) is 10.9. The molecule has 0 bridgehead atoms. The summed E-state index contributed by atoms with van der Waals surface area (Å²) in [6.45, 7) is 4.97. The first-order valence-corrected chi connectivity index (χ1v) is 12.8. The number of carbonyl (C=O) groups excluding carboxylic acids is 2. The average molecular weight is 529 g/mol. The van der Waals surface area contributed by atoms with Crippen molar-refractivity contribution in [3.8, 4) is 0 Å².